The van der Waals surface area contributed by atoms with E-state index in [1.807, 2.05) is 0 Å². The van der Waals surface area contributed by atoms with Gasteiger partial charge in [0.15, 0.2) is 0 Å². The van der Waals surface area contributed by atoms with Crippen molar-refractivity contribution in [1.29, 1.82) is 0 Å². The summed E-state index contributed by atoms with van der Waals surface area (Å²) in [6.45, 7) is 2.55. The summed E-state index contributed by atoms with van der Waals surface area (Å²) >= 11 is 0. The number of carbonyl (C=O) groups is 2. The fraction of sp³-hybridized carbons (Fsp3) is 0.300. The molecule has 126 valence electrons. The van der Waals surface area contributed by atoms with Crippen LogP contribution in [0.2, 0.25) is 0 Å². The lowest BCUT2D eigenvalue weighted by molar-refractivity contribution is -0.130. The predicted octanol–water partition coefficient (Wildman–Crippen LogP) is 3.67. The van der Waals surface area contributed by atoms with E-state index in [9.17, 15) is 9.59 Å². The van der Waals surface area contributed by atoms with Crippen molar-refractivity contribution in [3.63, 3.8) is 0 Å². The molecule has 0 saturated carbocycles. The van der Waals surface area contributed by atoms with Crippen LogP contribution in [0, 0.1) is 6.92 Å². The second-order valence-electron chi connectivity index (χ2n) is 6.09. The Morgan fingerprint density at radius 2 is 1.54 bits per heavy atom. The van der Waals surface area contributed by atoms with E-state index in [1.165, 1.54) is 11.1 Å². The molecule has 24 heavy (non-hydrogen) atoms. The lowest BCUT2D eigenvalue weighted by atomic mass is 10.1. The summed E-state index contributed by atoms with van der Waals surface area (Å²) in [5.41, 5.74) is 3.67. The van der Waals surface area contributed by atoms with Gasteiger partial charge in [-0.1, -0.05) is 42.0 Å². The average Bonchev–Trinajstić information content (AvgIpc) is 2.57. The number of benzene rings is 2. The van der Waals surface area contributed by atoms with Gasteiger partial charge < -0.3 is 10.0 Å². The van der Waals surface area contributed by atoms with Crippen LogP contribution in [0.15, 0.2) is 48.5 Å². The molecular formula is C20H23NO3. The first-order valence-electron chi connectivity index (χ1n) is 8.07. The molecular weight excluding hydrogens is 302 g/mol. The second kappa shape index (κ2) is 8.29. The van der Waals surface area contributed by atoms with E-state index in [2.05, 4.69) is 31.2 Å². The zero-order valence-corrected chi connectivity index (χ0v) is 14.2. The van der Waals surface area contributed by atoms with Crippen molar-refractivity contribution in [3.8, 4) is 0 Å². The summed E-state index contributed by atoms with van der Waals surface area (Å²) in [5, 5.41) is 8.89. The average molecular weight is 325 g/mol. The Bertz CT molecular complexity index is 690. The molecule has 0 fully saturated rings. The van der Waals surface area contributed by atoms with Crippen LogP contribution in [0.3, 0.4) is 0 Å². The van der Waals surface area contributed by atoms with Crippen molar-refractivity contribution < 1.29 is 14.7 Å². The number of amides is 1. The van der Waals surface area contributed by atoms with E-state index in [0.29, 0.717) is 13.0 Å². The SMILES string of the molecule is Cc1ccc(CCCC(=O)N(C)Cc2ccc(C(=O)O)cc2)cc1. The lowest BCUT2D eigenvalue weighted by Gasteiger charge is -2.17. The molecule has 2 aromatic rings. The monoisotopic (exact) mass is 325 g/mol. The van der Waals surface area contributed by atoms with Gasteiger partial charge in [-0.25, -0.2) is 4.79 Å². The lowest BCUT2D eigenvalue weighted by Crippen LogP contribution is -2.26. The fourth-order valence-electron chi connectivity index (χ4n) is 2.50. The Morgan fingerprint density at radius 3 is 2.12 bits per heavy atom. The van der Waals surface area contributed by atoms with Crippen molar-refractivity contribution in [2.45, 2.75) is 32.7 Å². The number of carbonyl (C=O) groups excluding carboxylic acids is 1. The summed E-state index contributed by atoms with van der Waals surface area (Å²) in [4.78, 5) is 24.7. The summed E-state index contributed by atoms with van der Waals surface area (Å²) in [7, 11) is 1.78. The molecule has 0 heterocycles. The molecule has 1 amide bonds. The predicted molar refractivity (Wildman–Crippen MR) is 94.0 cm³/mol. The molecule has 2 aromatic carbocycles. The maximum Gasteiger partial charge on any atom is 0.335 e. The Labute approximate surface area is 142 Å². The first kappa shape index (κ1) is 17.7. The number of hydrogen-bond acceptors (Lipinski definition) is 2. The molecule has 4 heteroatoms. The van der Waals surface area contributed by atoms with Crippen molar-refractivity contribution in [2.75, 3.05) is 7.05 Å². The Morgan fingerprint density at radius 1 is 0.958 bits per heavy atom. The minimum absolute atomic E-state index is 0.101. The van der Waals surface area contributed by atoms with E-state index in [0.717, 1.165) is 18.4 Å². The minimum atomic E-state index is -0.943. The Hall–Kier alpha value is -2.62. The number of rotatable bonds is 7. The zero-order valence-electron chi connectivity index (χ0n) is 14.2. The number of aryl methyl sites for hydroxylation is 2. The molecule has 0 aliphatic rings. The van der Waals surface area contributed by atoms with Crippen LogP contribution >= 0.6 is 0 Å². The third-order valence-corrected chi connectivity index (χ3v) is 4.02. The summed E-state index contributed by atoms with van der Waals surface area (Å²) in [5.74, 6) is -0.841. The van der Waals surface area contributed by atoms with Crippen LogP contribution in [0.1, 0.15) is 39.9 Å². The van der Waals surface area contributed by atoms with Crippen LogP contribution in [0.5, 0.6) is 0 Å². The smallest absolute Gasteiger partial charge is 0.335 e. The highest BCUT2D eigenvalue weighted by Gasteiger charge is 2.10. The van der Waals surface area contributed by atoms with E-state index >= 15 is 0 Å². The third kappa shape index (κ3) is 5.23. The number of nitrogens with zero attached hydrogens (tertiary/aromatic N) is 1. The molecule has 0 aliphatic heterocycles. The van der Waals surface area contributed by atoms with Crippen molar-refractivity contribution in [3.05, 3.63) is 70.8 Å². The Balaban J connectivity index is 1.79. The molecule has 0 saturated heterocycles. The zero-order chi connectivity index (χ0) is 17.5. The molecule has 0 unspecified atom stereocenters. The van der Waals surface area contributed by atoms with Gasteiger partial charge in [0.05, 0.1) is 5.56 Å². The standard InChI is InChI=1S/C20H23NO3/c1-15-6-8-16(9-7-15)4-3-5-19(22)21(2)14-17-10-12-18(13-11-17)20(23)24/h6-13H,3-5,14H2,1-2H3,(H,23,24). The number of carboxylic acid groups (broad SMARTS) is 1. The maximum atomic E-state index is 12.2. The number of aromatic carboxylic acids is 1. The van der Waals surface area contributed by atoms with Crippen molar-refractivity contribution >= 4 is 11.9 Å². The van der Waals surface area contributed by atoms with Crippen LogP contribution in [-0.2, 0) is 17.8 Å². The summed E-state index contributed by atoms with van der Waals surface area (Å²) in [6.07, 6.45) is 2.23. The summed E-state index contributed by atoms with van der Waals surface area (Å²) < 4.78 is 0. The first-order chi connectivity index (χ1) is 11.5. The van der Waals surface area contributed by atoms with Gasteiger partial charge in [-0.3, -0.25) is 4.79 Å². The summed E-state index contributed by atoms with van der Waals surface area (Å²) in [6, 6.07) is 15.0. The fourth-order valence-corrected chi connectivity index (χ4v) is 2.50. The van der Waals surface area contributed by atoms with Crippen LogP contribution < -0.4 is 0 Å². The van der Waals surface area contributed by atoms with Crippen LogP contribution in [0.25, 0.3) is 0 Å². The Kier molecular flexibility index (Phi) is 6.13. The second-order valence-corrected chi connectivity index (χ2v) is 6.09. The largest absolute Gasteiger partial charge is 0.478 e. The number of hydrogen-bond donors (Lipinski definition) is 1. The molecule has 0 radical (unpaired) electrons. The molecule has 4 nitrogen and oxygen atoms in total. The molecule has 2 rings (SSSR count). The maximum absolute atomic E-state index is 12.2. The van der Waals surface area contributed by atoms with Gasteiger partial charge in [-0.2, -0.15) is 0 Å². The van der Waals surface area contributed by atoms with Gasteiger partial charge in [0.25, 0.3) is 0 Å². The van der Waals surface area contributed by atoms with E-state index in [-0.39, 0.29) is 11.5 Å². The first-order valence-corrected chi connectivity index (χ1v) is 8.07. The van der Waals surface area contributed by atoms with Crippen molar-refractivity contribution in [1.82, 2.24) is 4.90 Å². The van der Waals surface area contributed by atoms with Crippen molar-refractivity contribution in [2.24, 2.45) is 0 Å². The highest BCUT2D eigenvalue weighted by molar-refractivity contribution is 5.87. The van der Waals surface area contributed by atoms with Gasteiger partial charge >= 0.3 is 5.97 Å². The molecule has 0 spiro atoms. The molecule has 0 atom stereocenters. The van der Waals surface area contributed by atoms with Gasteiger partial charge in [0.1, 0.15) is 0 Å². The molecule has 0 aromatic heterocycles. The van der Waals surface area contributed by atoms with E-state index < -0.39 is 5.97 Å². The minimum Gasteiger partial charge on any atom is -0.478 e. The number of carboxylic acids is 1. The van der Waals surface area contributed by atoms with E-state index in [4.69, 9.17) is 5.11 Å². The van der Waals surface area contributed by atoms with E-state index in [1.54, 1.807) is 36.2 Å². The normalized spacial score (nSPS) is 10.4. The van der Waals surface area contributed by atoms with Crippen LogP contribution in [-0.4, -0.2) is 28.9 Å². The van der Waals surface area contributed by atoms with Gasteiger partial charge in [0.2, 0.25) is 5.91 Å². The molecule has 1 N–H and O–H groups in total. The molecule has 0 bridgehead atoms. The molecule has 0 aliphatic carbocycles. The van der Waals surface area contributed by atoms with Gasteiger partial charge in [0, 0.05) is 20.0 Å². The quantitative estimate of drug-likeness (QED) is 0.845. The van der Waals surface area contributed by atoms with Crippen LogP contribution in [0.4, 0.5) is 0 Å². The highest BCUT2D eigenvalue weighted by atomic mass is 16.4. The van der Waals surface area contributed by atoms with Gasteiger partial charge in [-0.05, 0) is 43.0 Å². The highest BCUT2D eigenvalue weighted by Crippen LogP contribution is 2.11. The van der Waals surface area contributed by atoms with Gasteiger partial charge in [-0.15, -0.1) is 0 Å². The topological polar surface area (TPSA) is 57.6 Å². The third-order valence-electron chi connectivity index (χ3n) is 4.02.